The van der Waals surface area contributed by atoms with Crippen molar-refractivity contribution < 1.29 is 4.52 Å². The quantitative estimate of drug-likeness (QED) is 0.719. The van der Waals surface area contributed by atoms with Crippen molar-refractivity contribution in [1.82, 2.24) is 20.4 Å². The molecule has 7 heteroatoms. The van der Waals surface area contributed by atoms with Gasteiger partial charge in [-0.1, -0.05) is 11.2 Å². The number of likely N-dealkylation sites (N-methyl/N-ethyl adjacent to an activating group) is 1. The first-order valence-corrected chi connectivity index (χ1v) is 8.82. The topological polar surface area (TPSA) is 54.2 Å². The van der Waals surface area contributed by atoms with Crippen LogP contribution >= 0.6 is 22.7 Å². The molecule has 0 aliphatic rings. The highest BCUT2D eigenvalue weighted by atomic mass is 32.1. The second-order valence-electron chi connectivity index (χ2n) is 5.15. The summed E-state index contributed by atoms with van der Waals surface area (Å²) >= 11 is 3.40. The molecule has 1 N–H and O–H groups in total. The highest BCUT2D eigenvalue weighted by Crippen LogP contribution is 2.22. The lowest BCUT2D eigenvalue weighted by Gasteiger charge is -2.23. The second-order valence-corrected chi connectivity index (χ2v) is 6.91. The summed E-state index contributed by atoms with van der Waals surface area (Å²) in [5.41, 5.74) is 1.00. The van der Waals surface area contributed by atoms with Crippen molar-refractivity contribution in [3.8, 4) is 11.4 Å². The van der Waals surface area contributed by atoms with Gasteiger partial charge in [-0.2, -0.15) is 16.3 Å². The van der Waals surface area contributed by atoms with Crippen LogP contribution in [0.15, 0.2) is 38.9 Å². The Kier molecular flexibility index (Phi) is 4.99. The summed E-state index contributed by atoms with van der Waals surface area (Å²) in [6.45, 7) is 1.41. The third-order valence-electron chi connectivity index (χ3n) is 3.36. The van der Waals surface area contributed by atoms with Gasteiger partial charge in [-0.05, 0) is 37.0 Å². The fourth-order valence-electron chi connectivity index (χ4n) is 2.17. The molecule has 116 valence electrons. The number of rotatable bonds is 7. The van der Waals surface area contributed by atoms with E-state index in [0.717, 1.165) is 12.1 Å². The minimum Gasteiger partial charge on any atom is -0.338 e. The molecular weight excluding hydrogens is 316 g/mol. The molecule has 0 aliphatic carbocycles. The van der Waals surface area contributed by atoms with Crippen LogP contribution in [-0.2, 0) is 6.54 Å². The van der Waals surface area contributed by atoms with E-state index in [0.29, 0.717) is 24.3 Å². The molecule has 0 saturated heterocycles. The van der Waals surface area contributed by atoms with Gasteiger partial charge in [0.15, 0.2) is 0 Å². The Hall–Kier alpha value is -1.54. The molecule has 0 radical (unpaired) electrons. The number of nitrogens with zero attached hydrogens (tertiary/aromatic N) is 3. The van der Waals surface area contributed by atoms with Crippen LogP contribution in [0.25, 0.3) is 11.4 Å². The molecule has 0 unspecified atom stereocenters. The summed E-state index contributed by atoms with van der Waals surface area (Å²) < 4.78 is 5.29. The first-order chi connectivity index (χ1) is 10.7. The SMILES string of the molecule is CN(C)[C@@H](CNCc1nc(-c2ccsc2)no1)c1cccs1. The van der Waals surface area contributed by atoms with Crippen molar-refractivity contribution in [2.45, 2.75) is 12.6 Å². The van der Waals surface area contributed by atoms with E-state index < -0.39 is 0 Å². The molecule has 0 aliphatic heterocycles. The lowest BCUT2D eigenvalue weighted by molar-refractivity contribution is 0.285. The maximum absolute atomic E-state index is 5.29. The molecule has 3 aromatic heterocycles. The van der Waals surface area contributed by atoms with E-state index >= 15 is 0 Å². The minimum atomic E-state index is 0.347. The summed E-state index contributed by atoms with van der Waals surface area (Å²) in [6.07, 6.45) is 0. The van der Waals surface area contributed by atoms with E-state index in [2.05, 4.69) is 52.0 Å². The first-order valence-electron chi connectivity index (χ1n) is 6.99. The Morgan fingerprint density at radius 1 is 1.32 bits per heavy atom. The molecular formula is C15H18N4OS2. The Morgan fingerprint density at radius 2 is 2.23 bits per heavy atom. The van der Waals surface area contributed by atoms with Crippen molar-refractivity contribution >= 4 is 22.7 Å². The van der Waals surface area contributed by atoms with Crippen molar-refractivity contribution in [3.05, 3.63) is 45.1 Å². The van der Waals surface area contributed by atoms with E-state index in [4.69, 9.17) is 4.52 Å². The van der Waals surface area contributed by atoms with Crippen LogP contribution < -0.4 is 5.32 Å². The molecule has 3 heterocycles. The van der Waals surface area contributed by atoms with Gasteiger partial charge < -0.3 is 14.7 Å². The van der Waals surface area contributed by atoms with Gasteiger partial charge in [0, 0.05) is 22.4 Å². The average molecular weight is 334 g/mol. The van der Waals surface area contributed by atoms with Crippen LogP contribution in [-0.4, -0.2) is 35.7 Å². The summed E-state index contributed by atoms with van der Waals surface area (Å²) in [5.74, 6) is 1.27. The third kappa shape index (κ3) is 3.61. The lowest BCUT2D eigenvalue weighted by atomic mass is 10.2. The standard InChI is InChI=1S/C15H18N4OS2/c1-19(2)12(13-4-3-6-22-13)8-16-9-14-17-15(18-20-14)11-5-7-21-10-11/h3-7,10,12,16H,8-9H2,1-2H3/t12-/m0/s1. The average Bonchev–Trinajstić information content (AvgIpc) is 3.23. The molecule has 22 heavy (non-hydrogen) atoms. The Balaban J connectivity index is 1.56. The number of nitrogens with one attached hydrogen (secondary N) is 1. The minimum absolute atomic E-state index is 0.347. The van der Waals surface area contributed by atoms with Gasteiger partial charge in [-0.3, -0.25) is 0 Å². The molecule has 0 amide bonds. The van der Waals surface area contributed by atoms with Crippen molar-refractivity contribution in [1.29, 1.82) is 0 Å². The molecule has 0 aromatic carbocycles. The molecule has 3 aromatic rings. The van der Waals surface area contributed by atoms with Gasteiger partial charge in [-0.15, -0.1) is 11.3 Å². The predicted molar refractivity (Wildman–Crippen MR) is 90.1 cm³/mol. The number of aromatic nitrogens is 2. The van der Waals surface area contributed by atoms with E-state index in [9.17, 15) is 0 Å². The van der Waals surface area contributed by atoms with E-state index in [1.807, 2.05) is 16.8 Å². The highest BCUT2D eigenvalue weighted by Gasteiger charge is 2.15. The lowest BCUT2D eigenvalue weighted by Crippen LogP contribution is -2.30. The molecule has 0 spiro atoms. The van der Waals surface area contributed by atoms with Gasteiger partial charge in [0.1, 0.15) is 0 Å². The van der Waals surface area contributed by atoms with Crippen molar-refractivity contribution in [2.75, 3.05) is 20.6 Å². The smallest absolute Gasteiger partial charge is 0.240 e. The molecule has 0 saturated carbocycles. The molecule has 5 nitrogen and oxygen atoms in total. The van der Waals surface area contributed by atoms with Gasteiger partial charge in [0.2, 0.25) is 11.7 Å². The van der Waals surface area contributed by atoms with Gasteiger partial charge >= 0.3 is 0 Å². The third-order valence-corrected chi connectivity index (χ3v) is 5.01. The van der Waals surface area contributed by atoms with Gasteiger partial charge in [0.25, 0.3) is 0 Å². The van der Waals surface area contributed by atoms with Crippen LogP contribution in [0.3, 0.4) is 0 Å². The maximum atomic E-state index is 5.29. The van der Waals surface area contributed by atoms with E-state index in [1.165, 1.54) is 4.88 Å². The number of thiophene rings is 2. The fourth-order valence-corrected chi connectivity index (χ4v) is 3.73. The van der Waals surface area contributed by atoms with Crippen LogP contribution in [0.2, 0.25) is 0 Å². The fraction of sp³-hybridized carbons (Fsp3) is 0.333. The van der Waals surface area contributed by atoms with Gasteiger partial charge in [-0.25, -0.2) is 0 Å². The summed E-state index contributed by atoms with van der Waals surface area (Å²) in [7, 11) is 4.18. The molecule has 0 bridgehead atoms. The van der Waals surface area contributed by atoms with Crippen molar-refractivity contribution in [3.63, 3.8) is 0 Å². The van der Waals surface area contributed by atoms with Crippen LogP contribution in [0.4, 0.5) is 0 Å². The van der Waals surface area contributed by atoms with Gasteiger partial charge in [0.05, 0.1) is 12.6 Å². The zero-order valence-corrected chi connectivity index (χ0v) is 14.2. The Morgan fingerprint density at radius 3 is 2.91 bits per heavy atom. The predicted octanol–water partition coefficient (Wildman–Crippen LogP) is 3.25. The monoisotopic (exact) mass is 334 g/mol. The molecule has 1 atom stereocenters. The maximum Gasteiger partial charge on any atom is 0.240 e. The Labute approximate surface area is 137 Å². The zero-order valence-electron chi connectivity index (χ0n) is 12.5. The summed E-state index contributed by atoms with van der Waals surface area (Å²) in [4.78, 5) is 7.97. The normalized spacial score (nSPS) is 12.9. The van der Waals surface area contributed by atoms with Crippen LogP contribution in [0.5, 0.6) is 0 Å². The van der Waals surface area contributed by atoms with Crippen LogP contribution in [0, 0.1) is 0 Å². The number of hydrogen-bond acceptors (Lipinski definition) is 7. The highest BCUT2D eigenvalue weighted by molar-refractivity contribution is 7.10. The van der Waals surface area contributed by atoms with Crippen molar-refractivity contribution in [2.24, 2.45) is 0 Å². The second kappa shape index (κ2) is 7.15. The van der Waals surface area contributed by atoms with Crippen LogP contribution in [0.1, 0.15) is 16.8 Å². The summed E-state index contributed by atoms with van der Waals surface area (Å²) in [6, 6.07) is 6.59. The van der Waals surface area contributed by atoms with E-state index in [-0.39, 0.29) is 0 Å². The Bertz CT molecular complexity index is 676. The molecule has 0 fully saturated rings. The zero-order chi connectivity index (χ0) is 15.4. The van der Waals surface area contributed by atoms with E-state index in [1.54, 1.807) is 22.7 Å². The number of hydrogen-bond donors (Lipinski definition) is 1. The first kappa shape index (κ1) is 15.4. The summed E-state index contributed by atoms with van der Waals surface area (Å²) in [5, 5.41) is 13.5. The molecule has 3 rings (SSSR count). The largest absolute Gasteiger partial charge is 0.338 e.